The summed E-state index contributed by atoms with van der Waals surface area (Å²) in [6.45, 7) is 12.6. The first kappa shape index (κ1) is 19.6. The van der Waals surface area contributed by atoms with Gasteiger partial charge in [0.15, 0.2) is 0 Å². The van der Waals surface area contributed by atoms with E-state index in [-0.39, 0.29) is 5.57 Å². The average molecular weight is 371 g/mol. The number of hydrogen-bond donors (Lipinski definition) is 0. The molecule has 0 unspecified atom stereocenters. The van der Waals surface area contributed by atoms with Gasteiger partial charge in [0.1, 0.15) is 5.57 Å². The molecule has 1 aromatic carbocycles. The molecule has 2 saturated heterocycles. The van der Waals surface area contributed by atoms with E-state index in [1.165, 1.54) is 24.0 Å². The van der Waals surface area contributed by atoms with Gasteiger partial charge in [-0.3, -0.25) is 4.90 Å². The molecule has 5 nitrogen and oxygen atoms in total. The Labute approximate surface area is 161 Å². The fraction of sp³-hybridized carbons (Fsp3) is 0.545. The number of likely N-dealkylation sites (tertiary alicyclic amines) is 1. The van der Waals surface area contributed by atoms with Crippen LogP contribution in [0.15, 0.2) is 17.7 Å². The SMILES string of the molecule is Cc1cc(C)c(CN2CCC(C)CC2)cc1C=C1C(=O)OC(C)(C)OC1=O. The smallest absolute Gasteiger partial charge is 0.348 e. The summed E-state index contributed by atoms with van der Waals surface area (Å²) in [6, 6.07) is 4.19. The number of carbonyl (C=O) groups excluding carboxylic acids is 2. The highest BCUT2D eigenvalue weighted by atomic mass is 16.7. The zero-order valence-corrected chi connectivity index (χ0v) is 16.9. The molecule has 0 N–H and O–H groups in total. The average Bonchev–Trinajstić information content (AvgIpc) is 2.55. The lowest BCUT2D eigenvalue weighted by atomic mass is 9.95. The minimum Gasteiger partial charge on any atom is -0.419 e. The van der Waals surface area contributed by atoms with Crippen LogP contribution in [-0.2, 0) is 25.6 Å². The first-order valence-electron chi connectivity index (χ1n) is 9.65. The normalized spacial score (nSPS) is 21.0. The van der Waals surface area contributed by atoms with Crippen molar-refractivity contribution >= 4 is 18.0 Å². The van der Waals surface area contributed by atoms with Gasteiger partial charge in [0.25, 0.3) is 5.79 Å². The van der Waals surface area contributed by atoms with E-state index in [2.05, 4.69) is 30.9 Å². The number of cyclic esters (lactones) is 2. The Hall–Kier alpha value is -2.14. The molecule has 0 radical (unpaired) electrons. The fourth-order valence-electron chi connectivity index (χ4n) is 3.64. The highest BCUT2D eigenvalue weighted by Crippen LogP contribution is 2.27. The minimum atomic E-state index is -1.22. The molecule has 5 heteroatoms. The van der Waals surface area contributed by atoms with Crippen molar-refractivity contribution in [1.82, 2.24) is 4.90 Å². The van der Waals surface area contributed by atoms with Crippen LogP contribution in [0.25, 0.3) is 6.08 Å². The van der Waals surface area contributed by atoms with Gasteiger partial charge in [-0.15, -0.1) is 0 Å². The quantitative estimate of drug-likeness (QED) is 0.460. The van der Waals surface area contributed by atoms with E-state index in [1.807, 2.05) is 6.92 Å². The Bertz CT molecular complexity index is 764. The van der Waals surface area contributed by atoms with Gasteiger partial charge in [-0.1, -0.05) is 13.0 Å². The maximum atomic E-state index is 12.2. The van der Waals surface area contributed by atoms with Gasteiger partial charge in [0, 0.05) is 20.4 Å². The van der Waals surface area contributed by atoms with Crippen molar-refractivity contribution in [2.24, 2.45) is 5.92 Å². The molecule has 0 saturated carbocycles. The van der Waals surface area contributed by atoms with Crippen LogP contribution in [0, 0.1) is 19.8 Å². The van der Waals surface area contributed by atoms with Gasteiger partial charge >= 0.3 is 11.9 Å². The second-order valence-electron chi connectivity index (χ2n) is 8.33. The molecule has 1 aromatic rings. The molecule has 0 aromatic heterocycles. The zero-order chi connectivity index (χ0) is 19.8. The van der Waals surface area contributed by atoms with Crippen LogP contribution in [0.2, 0.25) is 0 Å². The molecule has 0 amide bonds. The number of benzene rings is 1. The summed E-state index contributed by atoms with van der Waals surface area (Å²) in [7, 11) is 0. The van der Waals surface area contributed by atoms with E-state index in [4.69, 9.17) is 9.47 Å². The van der Waals surface area contributed by atoms with Crippen molar-refractivity contribution < 1.29 is 19.1 Å². The van der Waals surface area contributed by atoms with Crippen molar-refractivity contribution in [1.29, 1.82) is 0 Å². The van der Waals surface area contributed by atoms with Crippen molar-refractivity contribution in [3.05, 3.63) is 40.0 Å². The first-order valence-corrected chi connectivity index (χ1v) is 9.65. The van der Waals surface area contributed by atoms with Crippen LogP contribution >= 0.6 is 0 Å². The van der Waals surface area contributed by atoms with Crippen LogP contribution in [0.3, 0.4) is 0 Å². The fourth-order valence-corrected chi connectivity index (χ4v) is 3.64. The van der Waals surface area contributed by atoms with Crippen molar-refractivity contribution in [2.45, 2.75) is 59.8 Å². The Kier molecular flexibility index (Phi) is 5.43. The summed E-state index contributed by atoms with van der Waals surface area (Å²) in [6.07, 6.45) is 4.06. The van der Waals surface area contributed by atoms with Gasteiger partial charge < -0.3 is 9.47 Å². The highest BCUT2D eigenvalue weighted by Gasteiger charge is 2.38. The summed E-state index contributed by atoms with van der Waals surface area (Å²) in [5, 5.41) is 0. The number of aryl methyl sites for hydroxylation is 2. The molecule has 2 fully saturated rings. The lowest BCUT2D eigenvalue weighted by Crippen LogP contribution is -2.41. The molecule has 27 heavy (non-hydrogen) atoms. The standard InChI is InChI=1S/C22H29NO4/c1-14-6-8-23(9-7-14)13-18-11-17(15(2)10-16(18)3)12-19-20(24)26-22(4,5)27-21(19)25/h10-12,14H,6-9,13H2,1-5H3. The Morgan fingerprint density at radius 1 is 1.07 bits per heavy atom. The molecule has 0 bridgehead atoms. The molecule has 2 aliphatic rings. The lowest BCUT2D eigenvalue weighted by Gasteiger charge is -2.31. The summed E-state index contributed by atoms with van der Waals surface area (Å²) in [4.78, 5) is 26.9. The van der Waals surface area contributed by atoms with Gasteiger partial charge in [-0.2, -0.15) is 0 Å². The second kappa shape index (κ2) is 7.47. The number of piperidine rings is 1. The molecule has 0 spiro atoms. The van der Waals surface area contributed by atoms with Crippen molar-refractivity contribution in [3.8, 4) is 0 Å². The molecule has 0 aliphatic carbocycles. The van der Waals surface area contributed by atoms with E-state index >= 15 is 0 Å². The van der Waals surface area contributed by atoms with Gasteiger partial charge in [0.05, 0.1) is 0 Å². The molecule has 2 heterocycles. The van der Waals surface area contributed by atoms with E-state index in [9.17, 15) is 9.59 Å². The molecular formula is C22H29NO4. The first-order chi connectivity index (χ1) is 12.6. The number of ether oxygens (including phenoxy) is 2. The predicted molar refractivity (Wildman–Crippen MR) is 104 cm³/mol. The summed E-state index contributed by atoms with van der Waals surface area (Å²) >= 11 is 0. The summed E-state index contributed by atoms with van der Waals surface area (Å²) in [5.41, 5.74) is 4.26. The van der Waals surface area contributed by atoms with Crippen molar-refractivity contribution in [3.63, 3.8) is 0 Å². The maximum absolute atomic E-state index is 12.2. The number of rotatable bonds is 3. The van der Waals surface area contributed by atoms with Gasteiger partial charge in [0.2, 0.25) is 0 Å². The molecule has 146 valence electrons. The number of esters is 2. The van der Waals surface area contributed by atoms with Crippen LogP contribution in [0.1, 0.15) is 55.9 Å². The summed E-state index contributed by atoms with van der Waals surface area (Å²) < 4.78 is 10.4. The molecule has 2 aliphatic heterocycles. The lowest BCUT2D eigenvalue weighted by molar-refractivity contribution is -0.222. The monoisotopic (exact) mass is 371 g/mol. The third kappa shape index (κ3) is 4.59. The van der Waals surface area contributed by atoms with Crippen LogP contribution < -0.4 is 0 Å². The highest BCUT2D eigenvalue weighted by molar-refractivity contribution is 6.18. The zero-order valence-electron chi connectivity index (χ0n) is 16.9. The third-order valence-electron chi connectivity index (χ3n) is 5.41. The molecule has 3 rings (SSSR count). The van der Waals surface area contributed by atoms with E-state index < -0.39 is 17.7 Å². The minimum absolute atomic E-state index is 0.0565. The largest absolute Gasteiger partial charge is 0.419 e. The predicted octanol–water partition coefficient (Wildman–Crippen LogP) is 3.75. The van der Waals surface area contributed by atoms with Crippen LogP contribution in [0.4, 0.5) is 0 Å². The Morgan fingerprint density at radius 3 is 2.26 bits per heavy atom. The van der Waals surface area contributed by atoms with Gasteiger partial charge in [-0.05, 0) is 80.1 Å². The van der Waals surface area contributed by atoms with E-state index in [0.29, 0.717) is 0 Å². The van der Waals surface area contributed by atoms with Crippen molar-refractivity contribution in [2.75, 3.05) is 13.1 Å². The van der Waals surface area contributed by atoms with E-state index in [0.717, 1.165) is 36.7 Å². The molecule has 0 atom stereocenters. The molecular weight excluding hydrogens is 342 g/mol. The Morgan fingerprint density at radius 2 is 1.67 bits per heavy atom. The summed E-state index contributed by atoms with van der Waals surface area (Å²) in [5.74, 6) is -1.69. The second-order valence-corrected chi connectivity index (χ2v) is 8.33. The van der Waals surface area contributed by atoms with E-state index in [1.54, 1.807) is 19.9 Å². The van der Waals surface area contributed by atoms with Crippen LogP contribution in [0.5, 0.6) is 0 Å². The topological polar surface area (TPSA) is 55.8 Å². The number of nitrogens with zero attached hydrogens (tertiary/aromatic N) is 1. The van der Waals surface area contributed by atoms with Crippen LogP contribution in [-0.4, -0.2) is 35.7 Å². The third-order valence-corrected chi connectivity index (χ3v) is 5.41. The number of carbonyl (C=O) groups is 2. The Balaban J connectivity index is 1.85. The van der Waals surface area contributed by atoms with Gasteiger partial charge in [-0.25, -0.2) is 9.59 Å². The maximum Gasteiger partial charge on any atom is 0.348 e. The number of hydrogen-bond acceptors (Lipinski definition) is 5.